The van der Waals surface area contributed by atoms with Crippen LogP contribution in [-0.4, -0.2) is 113 Å². The van der Waals surface area contributed by atoms with E-state index in [1.54, 1.807) is 18.2 Å². The highest BCUT2D eigenvalue weighted by atomic mass is 35.5. The van der Waals surface area contributed by atoms with E-state index in [4.69, 9.17) is 79.7 Å². The molecule has 30 heteroatoms. The van der Waals surface area contributed by atoms with Crippen LogP contribution in [-0.2, 0) is 26.2 Å². The fraction of sp³-hybridized carbons (Fsp3) is 0.233. The molecule has 1 aliphatic carbocycles. The summed E-state index contributed by atoms with van der Waals surface area (Å²) in [6.07, 6.45) is 2.27. The van der Waals surface area contributed by atoms with Gasteiger partial charge in [-0.1, -0.05) is 121 Å². The molecule has 0 radical (unpaired) electrons. The zero-order chi connectivity index (χ0) is 82.8. The number of fused-ring (bicyclic) bond motifs is 15. The largest absolute Gasteiger partial charge is 0.391 e. The molecule has 29 nitrogen and oxygen atoms in total. The highest BCUT2D eigenvalue weighted by Gasteiger charge is 2.31. The van der Waals surface area contributed by atoms with Crippen molar-refractivity contribution >= 4 is 180 Å². The molecule has 16 aromatic rings. The van der Waals surface area contributed by atoms with Gasteiger partial charge in [-0.15, -0.1) is 0 Å². The Kier molecular flexibility index (Phi) is 23.4. The van der Waals surface area contributed by atoms with E-state index in [9.17, 15) is 29.1 Å². The number of para-hydroxylation sites is 4. The third kappa shape index (κ3) is 15.6. The van der Waals surface area contributed by atoms with E-state index < -0.39 is 35.6 Å². The smallest absolute Gasteiger partial charge is 0.252 e. The molecule has 0 saturated heterocycles. The van der Waals surface area contributed by atoms with Gasteiger partial charge in [-0.05, 0) is 133 Å². The first-order valence-corrected chi connectivity index (χ1v) is 38.5. The van der Waals surface area contributed by atoms with Gasteiger partial charge in [0.1, 0.15) is 57.3 Å². The number of benzene rings is 6. The van der Waals surface area contributed by atoms with Crippen LogP contribution in [0.4, 0.5) is 29.1 Å². The van der Waals surface area contributed by atoms with Gasteiger partial charge in [-0.25, -0.2) is 24.9 Å². The van der Waals surface area contributed by atoms with E-state index in [0.29, 0.717) is 70.9 Å². The second-order valence-electron chi connectivity index (χ2n) is 29.1. The van der Waals surface area contributed by atoms with Gasteiger partial charge in [0, 0.05) is 111 Å². The molecular formula is C86H94ClN23O6. The van der Waals surface area contributed by atoms with E-state index in [0.717, 1.165) is 124 Å². The first kappa shape index (κ1) is 80.6. The molecule has 0 bridgehead atoms. The molecule has 116 heavy (non-hydrogen) atoms. The Morgan fingerprint density at radius 2 is 0.845 bits per heavy atom. The van der Waals surface area contributed by atoms with Crippen molar-refractivity contribution in [2.75, 3.05) is 34.4 Å². The summed E-state index contributed by atoms with van der Waals surface area (Å²) in [7, 11) is 0. The van der Waals surface area contributed by atoms with E-state index in [2.05, 4.69) is 48.8 Å². The van der Waals surface area contributed by atoms with Crippen molar-refractivity contribution in [3.8, 4) is 0 Å². The molecule has 17 rings (SSSR count). The third-order valence-corrected chi connectivity index (χ3v) is 21.2. The molecule has 10 heterocycles. The van der Waals surface area contributed by atoms with E-state index in [1.807, 2.05) is 204 Å². The number of aromatic nitrogens is 10. The lowest BCUT2D eigenvalue weighted by molar-refractivity contribution is 0.0992. The summed E-state index contributed by atoms with van der Waals surface area (Å²) < 4.78 is 10.3. The van der Waals surface area contributed by atoms with Crippen LogP contribution in [0.25, 0.3) is 110 Å². The number of carbonyl (C=O) groups excluding carboxylic acids is 5. The van der Waals surface area contributed by atoms with Crippen molar-refractivity contribution in [2.45, 2.75) is 123 Å². The monoisotopic (exact) mass is 1580 g/mol. The number of aliphatic hydroxyl groups is 1. The van der Waals surface area contributed by atoms with E-state index >= 15 is 0 Å². The maximum Gasteiger partial charge on any atom is 0.252 e. The van der Waals surface area contributed by atoms with Crippen molar-refractivity contribution in [1.29, 1.82) is 0 Å². The first-order valence-electron chi connectivity index (χ1n) is 38.1. The molecule has 6 atom stereocenters. The zero-order valence-corrected chi connectivity index (χ0v) is 65.8. The van der Waals surface area contributed by atoms with Crippen LogP contribution in [0.2, 0.25) is 5.02 Å². The van der Waals surface area contributed by atoms with Crippen molar-refractivity contribution in [3.63, 3.8) is 0 Å². The molecule has 3 unspecified atom stereocenters. The minimum absolute atomic E-state index is 0.00536. The highest BCUT2D eigenvalue weighted by Crippen LogP contribution is 2.41. The Bertz CT molecular complexity index is 6500. The van der Waals surface area contributed by atoms with Gasteiger partial charge in [-0.2, -0.15) is 0 Å². The number of aliphatic hydroxyl groups excluding tert-OH is 1. The summed E-state index contributed by atoms with van der Waals surface area (Å²) in [6.45, 7) is 15.1. The number of pyridine rings is 5. The molecule has 1 fully saturated rings. The van der Waals surface area contributed by atoms with Crippen LogP contribution < -0.4 is 73.7 Å². The number of nitrogen functional groups attached to an aromatic ring is 3. The van der Waals surface area contributed by atoms with Crippen LogP contribution >= 0.6 is 11.6 Å². The number of amides is 5. The zero-order valence-electron chi connectivity index (χ0n) is 65.1. The van der Waals surface area contributed by atoms with Crippen molar-refractivity contribution in [1.82, 2.24) is 47.8 Å². The SMILES string of the molecule is CC([C@H](C)N)n1c2ccccc2c2cc(C(N)=O)c(N)nc21.CCNc1nc2c(cc1C(N)=O)c1ccccc1n2C[C@H](C)N.CCn1c2cccc(Cl)c2c2cc(C(N)=O)c(N)nc21.C[C@H](N)Cn1c2ccccc2c2cc(C(N)=O)c(NCc3ccccc3)nc21.NC(=O)c1cc2c3ccccc3n(C3CCCC3O)c2nc1N. The highest BCUT2D eigenvalue weighted by molar-refractivity contribution is 6.38. The standard InChI is InChI=1S/C22H23N5O.C17H21N5O.C17H18N4O2.C16H19N5O.C14H13ClN4O/c1-14(23)13-27-19-10-6-5-9-16(19)17-11-18(20(24)28)21(26-22(17)27)25-12-15-7-3-2-4-8-15;1-3-20-16-13(15(19)23)8-12-11-6-4-5-7-14(11)22(9-10(2)18)17(12)21-16;18-15-11(16(19)23)8-10-9-4-1-2-5-12(9)21(17(10)20-15)13-6-3-7-14(13)22;1-8(17)9(2)21-13-6-4-3-5-10(13)11-7-12(15(19)22)14(18)20-16(11)21;1-2-19-10-5-3-4-9(15)11(10)7-6-8(13(17)20)12(16)18-14(7)19/h2-11,14H,12-13,23H2,1H3,(H2,24,28)(H,25,26);4-8,10H,3,9,18H2,1-2H3,(H2,19,23)(H,20,21);1-2,4-5,8,13-14,22H,3,6-7H2,(H2,18,20)(H2,19,23);3-9H,17H2,1-2H3,(H2,18,20)(H2,19,22);3-6H,2H2,1H3,(H2,16,18)(H2,17,20)/t14-;10-;;8-,9?;/m00.0./s1. The predicted molar refractivity (Wildman–Crippen MR) is 465 cm³/mol. The fourth-order valence-electron chi connectivity index (χ4n) is 15.4. The van der Waals surface area contributed by atoms with Crippen molar-refractivity contribution < 1.29 is 29.1 Å². The lowest BCUT2D eigenvalue weighted by Gasteiger charge is -2.20. The van der Waals surface area contributed by atoms with Gasteiger partial charge in [0.2, 0.25) is 0 Å². The van der Waals surface area contributed by atoms with Crippen LogP contribution in [0.3, 0.4) is 0 Å². The van der Waals surface area contributed by atoms with Crippen LogP contribution in [0.5, 0.6) is 0 Å². The molecular weight excluding hydrogens is 1490 g/mol. The number of hydrogen-bond acceptors (Lipinski definition) is 19. The first-order chi connectivity index (χ1) is 55.6. The number of nitrogens with one attached hydrogen (secondary N) is 2. The topological polar surface area (TPSA) is 505 Å². The molecule has 0 aliphatic heterocycles. The minimum atomic E-state index is -0.596. The van der Waals surface area contributed by atoms with Gasteiger partial charge in [0.15, 0.2) is 0 Å². The molecule has 10 aromatic heterocycles. The third-order valence-electron chi connectivity index (χ3n) is 20.9. The molecule has 1 aliphatic rings. The molecule has 6 aromatic carbocycles. The summed E-state index contributed by atoms with van der Waals surface area (Å²) in [4.78, 5) is 81.1. The second kappa shape index (κ2) is 33.7. The summed E-state index contributed by atoms with van der Waals surface area (Å²) in [5.74, 6) is -1.35. The Morgan fingerprint density at radius 3 is 1.31 bits per heavy atom. The van der Waals surface area contributed by atoms with E-state index in [1.165, 1.54) is 0 Å². The number of nitrogens with two attached hydrogens (primary N) is 11. The molecule has 5 amide bonds. The summed E-state index contributed by atoms with van der Waals surface area (Å²) in [6, 6.07) is 56.1. The lowest BCUT2D eigenvalue weighted by Crippen LogP contribution is -2.27. The number of hydrogen-bond donors (Lipinski definition) is 14. The number of anilines is 5. The normalized spacial score (nSPS) is 14.4. The van der Waals surface area contributed by atoms with Gasteiger partial charge in [0.05, 0.1) is 72.6 Å². The number of nitrogens with zero attached hydrogens (tertiary/aromatic N) is 10. The summed E-state index contributed by atoms with van der Waals surface area (Å²) in [5, 5.41) is 26.5. The Labute approximate surface area is 671 Å². The number of carbonyl (C=O) groups is 5. The van der Waals surface area contributed by atoms with Crippen molar-refractivity contribution in [3.05, 3.63) is 214 Å². The minimum Gasteiger partial charge on any atom is -0.391 e. The average molecular weight is 1580 g/mol. The Hall–Kier alpha value is -13.5. The number of aryl methyl sites for hydroxylation is 1. The average Bonchev–Trinajstić information content (AvgIpc) is 1.61. The maximum absolute atomic E-state index is 12.1. The lowest BCUT2D eigenvalue weighted by atomic mass is 10.1. The van der Waals surface area contributed by atoms with E-state index in [-0.39, 0.29) is 64.4 Å². The summed E-state index contributed by atoms with van der Waals surface area (Å²) >= 11 is 6.29. The quantitative estimate of drug-likeness (QED) is 0.0379. The Balaban J connectivity index is 0.000000127. The fourth-order valence-corrected chi connectivity index (χ4v) is 15.7. The molecule has 596 valence electrons. The molecule has 0 spiro atoms. The van der Waals surface area contributed by atoms with Crippen molar-refractivity contribution in [2.24, 2.45) is 45.9 Å². The van der Waals surface area contributed by atoms with Gasteiger partial charge in [0.25, 0.3) is 29.5 Å². The van der Waals surface area contributed by atoms with Gasteiger partial charge in [-0.3, -0.25) is 24.0 Å². The van der Waals surface area contributed by atoms with Crippen LogP contribution in [0.15, 0.2) is 176 Å². The number of primary amides is 5. The second-order valence-corrected chi connectivity index (χ2v) is 29.5. The van der Waals surface area contributed by atoms with Gasteiger partial charge < -0.3 is 102 Å². The number of rotatable bonds is 18. The Morgan fingerprint density at radius 1 is 0.448 bits per heavy atom. The van der Waals surface area contributed by atoms with Crippen LogP contribution in [0, 0.1) is 0 Å². The molecule has 25 N–H and O–H groups in total. The predicted octanol–water partition coefficient (Wildman–Crippen LogP) is 11.6. The van der Waals surface area contributed by atoms with Gasteiger partial charge >= 0.3 is 0 Å². The maximum atomic E-state index is 12.1. The summed E-state index contributed by atoms with van der Waals surface area (Å²) in [5.41, 5.74) is 74.4. The van der Waals surface area contributed by atoms with Crippen LogP contribution in [0.1, 0.15) is 130 Å². The number of halogens is 1. The molecule has 1 saturated carbocycles.